The van der Waals surface area contributed by atoms with Gasteiger partial charge in [-0.15, -0.1) is 0 Å². The standard InChI is InChI=1S/C16H18F3N3O4S/c1-20-14(23)10-13(15(20)24)21-5-7-22(8-6-21)27(25,26)12-4-2-3-11(9-12)16(17,18)19/h2-4,9,13H,5-8,10H2,1H3. The topological polar surface area (TPSA) is 78.0 Å². The van der Waals surface area contributed by atoms with Crippen LogP contribution in [0.3, 0.4) is 0 Å². The van der Waals surface area contributed by atoms with E-state index < -0.39 is 32.7 Å². The summed E-state index contributed by atoms with van der Waals surface area (Å²) in [6.45, 7) is 0.492. The average molecular weight is 405 g/mol. The second-order valence-electron chi connectivity index (χ2n) is 6.48. The molecule has 0 aliphatic carbocycles. The Morgan fingerprint density at radius 1 is 1.07 bits per heavy atom. The molecule has 0 saturated carbocycles. The molecule has 148 valence electrons. The van der Waals surface area contributed by atoms with Crippen LogP contribution >= 0.6 is 0 Å². The Morgan fingerprint density at radius 3 is 2.22 bits per heavy atom. The third-order valence-corrected chi connectivity index (χ3v) is 6.77. The van der Waals surface area contributed by atoms with E-state index in [1.165, 1.54) is 7.05 Å². The second-order valence-corrected chi connectivity index (χ2v) is 8.41. The molecular weight excluding hydrogens is 387 g/mol. The van der Waals surface area contributed by atoms with Gasteiger partial charge in [0.15, 0.2) is 0 Å². The van der Waals surface area contributed by atoms with E-state index >= 15 is 0 Å². The minimum Gasteiger partial charge on any atom is -0.289 e. The van der Waals surface area contributed by atoms with Gasteiger partial charge in [-0.2, -0.15) is 17.5 Å². The van der Waals surface area contributed by atoms with Crippen LogP contribution in [0.5, 0.6) is 0 Å². The Balaban J connectivity index is 1.72. The zero-order chi connectivity index (χ0) is 20.0. The summed E-state index contributed by atoms with van der Waals surface area (Å²) in [7, 11) is -2.68. The number of hydrogen-bond acceptors (Lipinski definition) is 5. The fraction of sp³-hybridized carbons (Fsp3) is 0.500. The lowest BCUT2D eigenvalue weighted by atomic mass is 10.2. The number of halogens is 3. The zero-order valence-electron chi connectivity index (χ0n) is 14.4. The molecule has 0 spiro atoms. The van der Waals surface area contributed by atoms with Crippen molar-refractivity contribution >= 4 is 21.8 Å². The summed E-state index contributed by atoms with van der Waals surface area (Å²) in [5, 5.41) is 0. The summed E-state index contributed by atoms with van der Waals surface area (Å²) in [6, 6.07) is 3.02. The first-order valence-corrected chi connectivity index (χ1v) is 9.67. The number of nitrogens with zero attached hydrogens (tertiary/aromatic N) is 3. The normalized spacial score (nSPS) is 23.3. The van der Waals surface area contributed by atoms with E-state index in [0.29, 0.717) is 6.07 Å². The fourth-order valence-corrected chi connectivity index (χ4v) is 4.73. The highest BCUT2D eigenvalue weighted by molar-refractivity contribution is 7.89. The molecule has 3 rings (SSSR count). The van der Waals surface area contributed by atoms with E-state index in [9.17, 15) is 31.2 Å². The highest BCUT2D eigenvalue weighted by atomic mass is 32.2. The maximum Gasteiger partial charge on any atom is 0.416 e. The Bertz CT molecular complexity index is 864. The quantitative estimate of drug-likeness (QED) is 0.695. The van der Waals surface area contributed by atoms with Crippen molar-refractivity contribution in [2.75, 3.05) is 33.2 Å². The van der Waals surface area contributed by atoms with Gasteiger partial charge in [-0.1, -0.05) is 6.07 Å². The highest BCUT2D eigenvalue weighted by Gasteiger charge is 2.42. The zero-order valence-corrected chi connectivity index (χ0v) is 15.3. The van der Waals surface area contributed by atoms with E-state index in [4.69, 9.17) is 0 Å². The largest absolute Gasteiger partial charge is 0.416 e. The van der Waals surface area contributed by atoms with Crippen molar-refractivity contribution in [2.24, 2.45) is 0 Å². The van der Waals surface area contributed by atoms with Crippen molar-refractivity contribution < 1.29 is 31.2 Å². The SMILES string of the molecule is CN1C(=O)CC(N2CCN(S(=O)(=O)c3cccc(C(F)(F)F)c3)CC2)C1=O. The maximum absolute atomic E-state index is 12.8. The van der Waals surface area contributed by atoms with Crippen LogP contribution in [0.25, 0.3) is 0 Å². The van der Waals surface area contributed by atoms with Gasteiger partial charge in [-0.3, -0.25) is 19.4 Å². The number of rotatable bonds is 3. The van der Waals surface area contributed by atoms with Crippen molar-refractivity contribution in [3.63, 3.8) is 0 Å². The third kappa shape index (κ3) is 3.71. The Labute approximate surface area is 154 Å². The lowest BCUT2D eigenvalue weighted by Gasteiger charge is -2.36. The van der Waals surface area contributed by atoms with Crippen LogP contribution in [0.15, 0.2) is 29.2 Å². The number of amides is 2. The minimum atomic E-state index is -4.63. The second kappa shape index (κ2) is 6.88. The molecule has 2 amide bonds. The molecule has 2 aliphatic heterocycles. The summed E-state index contributed by atoms with van der Waals surface area (Å²) in [5.41, 5.74) is -1.03. The predicted molar refractivity (Wildman–Crippen MR) is 88.0 cm³/mol. The molecule has 0 N–H and O–H groups in total. The van der Waals surface area contributed by atoms with Gasteiger partial charge in [0.05, 0.1) is 22.9 Å². The number of alkyl halides is 3. The molecule has 1 atom stereocenters. The molecule has 2 heterocycles. The maximum atomic E-state index is 12.8. The number of likely N-dealkylation sites (N-methyl/N-ethyl adjacent to an activating group) is 1. The van der Waals surface area contributed by atoms with Gasteiger partial charge in [-0.05, 0) is 18.2 Å². The first kappa shape index (κ1) is 19.8. The van der Waals surface area contributed by atoms with Gasteiger partial charge in [0.1, 0.15) is 0 Å². The molecule has 1 unspecified atom stereocenters. The molecule has 1 aromatic carbocycles. The molecule has 1 aromatic rings. The summed E-state index contributed by atoms with van der Waals surface area (Å²) in [4.78, 5) is 26.1. The van der Waals surface area contributed by atoms with Crippen molar-refractivity contribution in [1.82, 2.24) is 14.1 Å². The average Bonchev–Trinajstić information content (AvgIpc) is 2.89. The third-order valence-electron chi connectivity index (χ3n) is 4.87. The Hall–Kier alpha value is -1.98. The van der Waals surface area contributed by atoms with Gasteiger partial charge in [0.25, 0.3) is 0 Å². The van der Waals surface area contributed by atoms with E-state index in [-0.39, 0.29) is 44.4 Å². The number of carbonyl (C=O) groups excluding carboxylic acids is 2. The molecule has 2 aliphatic rings. The van der Waals surface area contributed by atoms with Crippen LogP contribution in [-0.2, 0) is 25.8 Å². The van der Waals surface area contributed by atoms with Crippen LogP contribution in [-0.4, -0.2) is 73.6 Å². The van der Waals surface area contributed by atoms with Crippen LogP contribution in [0, 0.1) is 0 Å². The Morgan fingerprint density at radius 2 is 1.70 bits per heavy atom. The predicted octanol–water partition coefficient (Wildman–Crippen LogP) is 0.769. The molecular formula is C16H18F3N3O4S. The summed E-state index contributed by atoms with van der Waals surface area (Å²) in [5.74, 6) is -0.613. The van der Waals surface area contributed by atoms with Gasteiger partial charge in [-0.25, -0.2) is 8.42 Å². The van der Waals surface area contributed by atoms with Crippen molar-refractivity contribution in [3.05, 3.63) is 29.8 Å². The lowest BCUT2D eigenvalue weighted by Crippen LogP contribution is -2.53. The number of piperazine rings is 1. The van der Waals surface area contributed by atoms with Crippen LogP contribution < -0.4 is 0 Å². The molecule has 0 aromatic heterocycles. The summed E-state index contributed by atoms with van der Waals surface area (Å²) >= 11 is 0. The number of hydrogen-bond donors (Lipinski definition) is 0. The summed E-state index contributed by atoms with van der Waals surface area (Å²) < 4.78 is 65.0. The number of likely N-dealkylation sites (tertiary alicyclic amines) is 1. The van der Waals surface area contributed by atoms with Gasteiger partial charge in [0, 0.05) is 33.2 Å². The van der Waals surface area contributed by atoms with Crippen LogP contribution in [0.4, 0.5) is 13.2 Å². The molecule has 2 fully saturated rings. The van der Waals surface area contributed by atoms with Gasteiger partial charge >= 0.3 is 6.18 Å². The first-order chi connectivity index (χ1) is 12.5. The Kier molecular flexibility index (Phi) is 5.04. The van der Waals surface area contributed by atoms with Crippen LogP contribution in [0.1, 0.15) is 12.0 Å². The van der Waals surface area contributed by atoms with E-state index in [1.807, 2.05) is 0 Å². The van der Waals surface area contributed by atoms with Gasteiger partial charge in [0.2, 0.25) is 21.8 Å². The number of carbonyl (C=O) groups is 2. The lowest BCUT2D eigenvalue weighted by molar-refractivity contribution is -0.139. The summed E-state index contributed by atoms with van der Waals surface area (Å²) in [6.07, 6.45) is -4.58. The highest BCUT2D eigenvalue weighted by Crippen LogP contribution is 2.31. The van der Waals surface area contributed by atoms with Crippen molar-refractivity contribution in [3.8, 4) is 0 Å². The molecule has 0 radical (unpaired) electrons. The molecule has 7 nitrogen and oxygen atoms in total. The van der Waals surface area contributed by atoms with Gasteiger partial charge < -0.3 is 0 Å². The minimum absolute atomic E-state index is 0.0280. The van der Waals surface area contributed by atoms with Crippen molar-refractivity contribution in [1.29, 1.82) is 0 Å². The smallest absolute Gasteiger partial charge is 0.289 e. The monoisotopic (exact) mass is 405 g/mol. The molecule has 0 bridgehead atoms. The van der Waals surface area contributed by atoms with E-state index in [2.05, 4.69) is 0 Å². The number of imide groups is 1. The van der Waals surface area contributed by atoms with Crippen molar-refractivity contribution in [2.45, 2.75) is 23.5 Å². The number of sulfonamides is 1. The number of benzene rings is 1. The van der Waals surface area contributed by atoms with Crippen LogP contribution in [0.2, 0.25) is 0 Å². The molecule has 11 heteroatoms. The fourth-order valence-electron chi connectivity index (χ4n) is 3.26. The molecule has 2 saturated heterocycles. The molecule has 27 heavy (non-hydrogen) atoms. The van der Waals surface area contributed by atoms with E-state index in [1.54, 1.807) is 4.90 Å². The van der Waals surface area contributed by atoms with E-state index in [0.717, 1.165) is 27.4 Å². The first-order valence-electron chi connectivity index (χ1n) is 8.23.